The minimum Gasteiger partial charge on any atom is -0.393 e. The van der Waals surface area contributed by atoms with E-state index in [1.165, 1.54) is 51.4 Å². The largest absolute Gasteiger partial charge is 0.393 e. The van der Waals surface area contributed by atoms with Crippen LogP contribution in [0.3, 0.4) is 0 Å². The zero-order valence-corrected chi connectivity index (χ0v) is 20.7. The van der Waals surface area contributed by atoms with Gasteiger partial charge in [-0.05, 0) is 111 Å². The molecule has 1 nitrogen and oxygen atoms in total. The van der Waals surface area contributed by atoms with E-state index >= 15 is 0 Å². The highest BCUT2D eigenvalue weighted by atomic mass is 16.3. The molecule has 1 heteroatoms. The van der Waals surface area contributed by atoms with E-state index in [0.717, 1.165) is 42.4 Å². The molecule has 0 amide bonds. The summed E-state index contributed by atoms with van der Waals surface area (Å²) in [5, 5.41) is 10.3. The molecule has 0 aromatic heterocycles. The van der Waals surface area contributed by atoms with Crippen molar-refractivity contribution in [2.45, 2.75) is 112 Å². The van der Waals surface area contributed by atoms with E-state index in [1.54, 1.807) is 0 Å². The van der Waals surface area contributed by atoms with Gasteiger partial charge in [0.05, 0.1) is 6.10 Å². The number of fused-ring (bicyclic) bond motifs is 4. The first kappa shape index (κ1) is 22.6. The predicted octanol–water partition coefficient (Wildman–Crippen LogP) is 7.94. The van der Waals surface area contributed by atoms with E-state index in [1.807, 2.05) is 11.1 Å². The second-order valence-electron chi connectivity index (χ2n) is 12.4. The van der Waals surface area contributed by atoms with Gasteiger partial charge in [0.1, 0.15) is 0 Å². The molecule has 30 heavy (non-hydrogen) atoms. The molecule has 0 aromatic carbocycles. The van der Waals surface area contributed by atoms with Gasteiger partial charge in [-0.15, -0.1) is 0 Å². The second kappa shape index (κ2) is 8.42. The molecule has 8 atom stereocenters. The van der Waals surface area contributed by atoms with Crippen LogP contribution >= 0.6 is 0 Å². The van der Waals surface area contributed by atoms with Gasteiger partial charge in [0.15, 0.2) is 0 Å². The molecule has 0 spiro atoms. The summed E-state index contributed by atoms with van der Waals surface area (Å²) < 4.78 is 0. The van der Waals surface area contributed by atoms with Gasteiger partial charge in [0.25, 0.3) is 0 Å². The molecule has 2 fully saturated rings. The Morgan fingerprint density at radius 3 is 2.47 bits per heavy atom. The molecule has 0 unspecified atom stereocenters. The topological polar surface area (TPSA) is 20.2 Å². The van der Waals surface area contributed by atoms with Crippen LogP contribution in [0, 0.1) is 46.3 Å². The number of rotatable bonds is 5. The van der Waals surface area contributed by atoms with Crippen LogP contribution in [0.5, 0.6) is 0 Å². The van der Waals surface area contributed by atoms with Crippen molar-refractivity contribution in [3.63, 3.8) is 0 Å². The zero-order valence-electron chi connectivity index (χ0n) is 20.7. The molecule has 4 aliphatic rings. The highest BCUT2D eigenvalue weighted by Crippen LogP contribution is 2.65. The van der Waals surface area contributed by atoms with Gasteiger partial charge in [0, 0.05) is 0 Å². The Morgan fingerprint density at radius 1 is 1.00 bits per heavy atom. The molecule has 0 radical (unpaired) electrons. The van der Waals surface area contributed by atoms with Crippen molar-refractivity contribution in [2.24, 2.45) is 46.3 Å². The van der Waals surface area contributed by atoms with Crippen molar-refractivity contribution in [2.75, 3.05) is 0 Å². The normalized spacial score (nSPS) is 43.5. The summed E-state index contributed by atoms with van der Waals surface area (Å²) in [6.45, 7) is 14.8. The van der Waals surface area contributed by atoms with Gasteiger partial charge in [-0.1, -0.05) is 64.8 Å². The molecule has 170 valence electrons. The third-order valence-electron chi connectivity index (χ3n) is 10.7. The van der Waals surface area contributed by atoms with Gasteiger partial charge in [-0.2, -0.15) is 0 Å². The summed E-state index contributed by atoms with van der Waals surface area (Å²) in [5.41, 5.74) is 4.65. The van der Waals surface area contributed by atoms with Crippen molar-refractivity contribution in [3.8, 4) is 0 Å². The molecule has 4 aliphatic carbocycles. The van der Waals surface area contributed by atoms with E-state index in [9.17, 15) is 5.11 Å². The molecular weight excluding hydrogens is 364 g/mol. The average molecular weight is 413 g/mol. The molecule has 0 heterocycles. The van der Waals surface area contributed by atoms with Crippen molar-refractivity contribution < 1.29 is 5.11 Å². The third kappa shape index (κ3) is 3.66. The van der Waals surface area contributed by atoms with Crippen molar-refractivity contribution in [1.82, 2.24) is 0 Å². The summed E-state index contributed by atoms with van der Waals surface area (Å²) >= 11 is 0. The van der Waals surface area contributed by atoms with Gasteiger partial charge in [0.2, 0.25) is 0 Å². The van der Waals surface area contributed by atoms with Crippen LogP contribution in [-0.2, 0) is 0 Å². The van der Waals surface area contributed by atoms with Crippen LogP contribution in [0.2, 0.25) is 0 Å². The number of allylic oxidation sites excluding steroid dienone is 4. The number of aliphatic hydroxyl groups excluding tert-OH is 1. The van der Waals surface area contributed by atoms with Crippen LogP contribution in [0.25, 0.3) is 0 Å². The summed E-state index contributed by atoms with van der Waals surface area (Å²) in [7, 11) is 0. The van der Waals surface area contributed by atoms with Crippen LogP contribution in [-0.4, -0.2) is 11.2 Å². The van der Waals surface area contributed by atoms with E-state index < -0.39 is 0 Å². The fraction of sp³-hybridized carbons (Fsp3) is 0.862. The fourth-order valence-corrected chi connectivity index (χ4v) is 8.62. The smallest absolute Gasteiger partial charge is 0.0543 e. The molecule has 0 aromatic rings. The van der Waals surface area contributed by atoms with Gasteiger partial charge < -0.3 is 5.11 Å². The van der Waals surface area contributed by atoms with Crippen LogP contribution in [0.1, 0.15) is 106 Å². The Labute approximate surface area is 186 Å². The highest BCUT2D eigenvalue weighted by molar-refractivity contribution is 5.34. The molecule has 0 aliphatic heterocycles. The Bertz CT molecular complexity index is 686. The molecule has 0 saturated heterocycles. The lowest BCUT2D eigenvalue weighted by Crippen LogP contribution is -2.45. The monoisotopic (exact) mass is 412 g/mol. The summed E-state index contributed by atoms with van der Waals surface area (Å²) in [6, 6.07) is 0. The Hall–Kier alpha value is -0.560. The lowest BCUT2D eigenvalue weighted by atomic mass is 9.50. The third-order valence-corrected chi connectivity index (χ3v) is 10.7. The maximum absolute atomic E-state index is 10.3. The molecule has 0 bridgehead atoms. The van der Waals surface area contributed by atoms with E-state index in [0.29, 0.717) is 16.7 Å². The minimum atomic E-state index is -0.0413. The first-order chi connectivity index (χ1) is 14.2. The summed E-state index contributed by atoms with van der Waals surface area (Å²) in [5.74, 6) is 4.58. The molecular formula is C29H48O. The van der Waals surface area contributed by atoms with Crippen molar-refractivity contribution in [3.05, 3.63) is 23.3 Å². The number of hydrogen-bond acceptors (Lipinski definition) is 1. The summed E-state index contributed by atoms with van der Waals surface area (Å²) in [4.78, 5) is 0. The number of aliphatic hydroxyl groups is 1. The van der Waals surface area contributed by atoms with Crippen molar-refractivity contribution >= 4 is 0 Å². The minimum absolute atomic E-state index is 0.0413. The highest BCUT2D eigenvalue weighted by Gasteiger charge is 2.55. The van der Waals surface area contributed by atoms with Crippen molar-refractivity contribution in [1.29, 1.82) is 0 Å². The molecule has 2 saturated carbocycles. The van der Waals surface area contributed by atoms with E-state index in [4.69, 9.17) is 0 Å². The molecule has 4 rings (SSSR count). The SMILES string of the molecule is CC[C@@H](/C=C/[C@@H](C)[C@H]1CC[C@H]2C3=C(CC[C@]12C)[C@@]1(C)CC[C@H](O)C[C@@H]1CC3)C(C)C. The first-order valence-electron chi connectivity index (χ1n) is 13.3. The quantitative estimate of drug-likeness (QED) is 0.454. The van der Waals surface area contributed by atoms with Gasteiger partial charge in [-0.25, -0.2) is 0 Å². The van der Waals surface area contributed by atoms with Gasteiger partial charge in [-0.3, -0.25) is 0 Å². The molecule has 1 N–H and O–H groups in total. The van der Waals surface area contributed by atoms with Crippen LogP contribution in [0.4, 0.5) is 0 Å². The Kier molecular flexibility index (Phi) is 6.35. The summed E-state index contributed by atoms with van der Waals surface area (Å²) in [6.07, 6.45) is 17.9. The van der Waals surface area contributed by atoms with E-state index in [-0.39, 0.29) is 6.10 Å². The van der Waals surface area contributed by atoms with Crippen LogP contribution < -0.4 is 0 Å². The number of hydrogen-bond donors (Lipinski definition) is 1. The Morgan fingerprint density at radius 2 is 1.77 bits per heavy atom. The average Bonchev–Trinajstić information content (AvgIpc) is 3.06. The standard InChI is InChI=1S/C29H48O/c1-7-21(19(2)3)9-8-20(4)25-12-13-26-24-11-10-22-18-23(30)14-16-28(22,5)27(24)15-17-29(25,26)6/h8-9,19-23,25-26,30H,7,10-18H2,1-6H3/b9-8+/t20-,21+,22+,23+,25-,26+,28+,29-/m1/s1. The van der Waals surface area contributed by atoms with Gasteiger partial charge >= 0.3 is 0 Å². The van der Waals surface area contributed by atoms with Crippen LogP contribution in [0.15, 0.2) is 23.3 Å². The predicted molar refractivity (Wildman–Crippen MR) is 128 cm³/mol. The first-order valence-corrected chi connectivity index (χ1v) is 13.3. The maximum Gasteiger partial charge on any atom is 0.0543 e. The fourth-order valence-electron chi connectivity index (χ4n) is 8.62. The Balaban J connectivity index is 1.55. The second-order valence-corrected chi connectivity index (χ2v) is 12.4. The lowest BCUT2D eigenvalue weighted by Gasteiger charge is -2.55. The maximum atomic E-state index is 10.3. The van der Waals surface area contributed by atoms with E-state index in [2.05, 4.69) is 53.7 Å². The lowest BCUT2D eigenvalue weighted by molar-refractivity contribution is 0.0145. The zero-order chi connectivity index (χ0) is 21.7.